The molecule has 0 unspecified atom stereocenters. The Morgan fingerprint density at radius 2 is 2.20 bits per heavy atom. The van der Waals surface area contributed by atoms with Crippen LogP contribution in [0.2, 0.25) is 5.02 Å². The van der Waals surface area contributed by atoms with Crippen LogP contribution in [-0.4, -0.2) is 18.1 Å². The van der Waals surface area contributed by atoms with Crippen molar-refractivity contribution in [2.75, 3.05) is 13.1 Å². The van der Waals surface area contributed by atoms with Gasteiger partial charge in [0.1, 0.15) is 5.82 Å². The zero-order valence-electron chi connectivity index (χ0n) is 11.5. The minimum atomic E-state index is -0.453. The highest BCUT2D eigenvalue weighted by Crippen LogP contribution is 2.30. The Hall–Kier alpha value is -1.39. The van der Waals surface area contributed by atoms with Crippen LogP contribution in [0.3, 0.4) is 0 Å². The van der Waals surface area contributed by atoms with Gasteiger partial charge in [-0.1, -0.05) is 24.6 Å². The highest BCUT2D eigenvalue weighted by atomic mass is 35.5. The maximum Gasteiger partial charge on any atom is 0.194 e. The fraction of sp³-hybridized carbons (Fsp3) is 0.400. The Morgan fingerprint density at radius 3 is 3.00 bits per heavy atom. The molecular formula is C15H18ClFN2O. The molecule has 0 spiro atoms. The number of rotatable bonds is 7. The number of halogens is 2. The predicted molar refractivity (Wildman–Crippen MR) is 78.4 cm³/mol. The van der Waals surface area contributed by atoms with Gasteiger partial charge in [-0.25, -0.2) is 9.37 Å². The van der Waals surface area contributed by atoms with E-state index in [1.54, 1.807) is 18.3 Å². The molecule has 0 radical (unpaired) electrons. The third kappa shape index (κ3) is 3.81. The van der Waals surface area contributed by atoms with E-state index in [1.165, 1.54) is 6.07 Å². The molecule has 0 saturated carbocycles. The normalized spacial score (nSPS) is 10.9. The van der Waals surface area contributed by atoms with Crippen LogP contribution in [0.4, 0.5) is 4.39 Å². The summed E-state index contributed by atoms with van der Waals surface area (Å²) in [7, 11) is 0. The lowest BCUT2D eigenvalue weighted by Crippen LogP contribution is -2.16. The van der Waals surface area contributed by atoms with E-state index < -0.39 is 5.82 Å². The second kappa shape index (κ2) is 7.41. The van der Waals surface area contributed by atoms with Crippen molar-refractivity contribution in [1.82, 2.24) is 10.3 Å². The molecule has 2 rings (SSSR count). The summed E-state index contributed by atoms with van der Waals surface area (Å²) in [5, 5.41) is 3.39. The Balaban J connectivity index is 1.97. The minimum Gasteiger partial charge on any atom is -0.441 e. The quantitative estimate of drug-likeness (QED) is 0.783. The molecule has 0 aliphatic carbocycles. The van der Waals surface area contributed by atoms with Crippen molar-refractivity contribution in [1.29, 1.82) is 0 Å². The number of hydrogen-bond donors (Lipinski definition) is 1. The first-order chi connectivity index (χ1) is 9.72. The molecule has 1 N–H and O–H groups in total. The number of aryl methyl sites for hydroxylation is 1. The van der Waals surface area contributed by atoms with Crippen molar-refractivity contribution in [2.24, 2.45) is 0 Å². The van der Waals surface area contributed by atoms with Crippen molar-refractivity contribution in [3.05, 3.63) is 41.1 Å². The summed E-state index contributed by atoms with van der Waals surface area (Å²) in [4.78, 5) is 4.21. The molecule has 108 valence electrons. The summed E-state index contributed by atoms with van der Waals surface area (Å²) >= 11 is 5.93. The van der Waals surface area contributed by atoms with Crippen molar-refractivity contribution < 1.29 is 8.81 Å². The van der Waals surface area contributed by atoms with Gasteiger partial charge in [-0.2, -0.15) is 0 Å². The summed E-state index contributed by atoms with van der Waals surface area (Å²) in [6, 6.07) is 4.65. The van der Waals surface area contributed by atoms with E-state index in [0.29, 0.717) is 17.2 Å². The number of aromatic nitrogens is 1. The molecule has 0 aliphatic rings. The summed E-state index contributed by atoms with van der Waals surface area (Å²) < 4.78 is 19.0. The Kier molecular flexibility index (Phi) is 5.56. The van der Waals surface area contributed by atoms with Gasteiger partial charge in [0.15, 0.2) is 11.7 Å². The largest absolute Gasteiger partial charge is 0.441 e. The standard InChI is InChI=1S/C15H18ClFN2O/c1-2-8-18-9-4-7-14-19-10-13(20-14)11-5-3-6-12(17)15(11)16/h3,5-6,10,18H,2,4,7-9H2,1H3. The predicted octanol–water partition coefficient (Wildman–Crippen LogP) is 4.07. The van der Waals surface area contributed by atoms with E-state index in [-0.39, 0.29) is 5.02 Å². The fourth-order valence-electron chi connectivity index (χ4n) is 1.91. The average Bonchev–Trinajstić information content (AvgIpc) is 2.90. The van der Waals surface area contributed by atoms with Gasteiger partial charge in [0.2, 0.25) is 0 Å². The van der Waals surface area contributed by atoms with Crippen LogP contribution in [0.25, 0.3) is 11.3 Å². The molecule has 0 bridgehead atoms. The number of hydrogen-bond acceptors (Lipinski definition) is 3. The van der Waals surface area contributed by atoms with Gasteiger partial charge in [-0.05, 0) is 38.1 Å². The van der Waals surface area contributed by atoms with Crippen molar-refractivity contribution in [3.63, 3.8) is 0 Å². The molecule has 0 amide bonds. The molecule has 5 heteroatoms. The summed E-state index contributed by atoms with van der Waals surface area (Å²) in [6.45, 7) is 4.10. The second-order valence-corrected chi connectivity index (χ2v) is 4.95. The van der Waals surface area contributed by atoms with E-state index >= 15 is 0 Å². The molecule has 0 saturated heterocycles. The van der Waals surface area contributed by atoms with Gasteiger partial charge in [0.25, 0.3) is 0 Å². The lowest BCUT2D eigenvalue weighted by atomic mass is 10.2. The highest BCUT2D eigenvalue weighted by Gasteiger charge is 2.12. The van der Waals surface area contributed by atoms with E-state index in [4.69, 9.17) is 16.0 Å². The van der Waals surface area contributed by atoms with Crippen LogP contribution in [0.1, 0.15) is 25.7 Å². The first-order valence-corrected chi connectivity index (χ1v) is 7.20. The zero-order chi connectivity index (χ0) is 14.4. The number of benzene rings is 1. The van der Waals surface area contributed by atoms with Gasteiger partial charge in [-0.3, -0.25) is 0 Å². The summed E-state index contributed by atoms with van der Waals surface area (Å²) in [6.07, 6.45) is 4.43. The number of nitrogens with one attached hydrogen (secondary N) is 1. The lowest BCUT2D eigenvalue weighted by Gasteiger charge is -2.01. The molecule has 1 heterocycles. The van der Waals surface area contributed by atoms with Crippen LogP contribution in [-0.2, 0) is 6.42 Å². The zero-order valence-corrected chi connectivity index (χ0v) is 12.2. The third-order valence-corrected chi connectivity index (χ3v) is 3.33. The van der Waals surface area contributed by atoms with Crippen molar-refractivity contribution in [3.8, 4) is 11.3 Å². The Labute approximate surface area is 123 Å². The molecule has 1 aromatic carbocycles. The molecule has 0 fully saturated rings. The van der Waals surface area contributed by atoms with Crippen LogP contribution in [0, 0.1) is 5.82 Å². The third-order valence-electron chi connectivity index (χ3n) is 2.94. The van der Waals surface area contributed by atoms with E-state index in [0.717, 1.165) is 32.4 Å². The smallest absolute Gasteiger partial charge is 0.194 e. The first-order valence-electron chi connectivity index (χ1n) is 6.82. The van der Waals surface area contributed by atoms with Crippen LogP contribution < -0.4 is 5.32 Å². The molecule has 2 aromatic rings. The molecular weight excluding hydrogens is 279 g/mol. The second-order valence-electron chi connectivity index (χ2n) is 4.57. The Bertz CT molecular complexity index is 557. The lowest BCUT2D eigenvalue weighted by molar-refractivity contribution is 0.491. The molecule has 3 nitrogen and oxygen atoms in total. The van der Waals surface area contributed by atoms with Gasteiger partial charge in [-0.15, -0.1) is 0 Å². The van der Waals surface area contributed by atoms with Gasteiger partial charge >= 0.3 is 0 Å². The van der Waals surface area contributed by atoms with Crippen molar-refractivity contribution in [2.45, 2.75) is 26.2 Å². The minimum absolute atomic E-state index is 0.0693. The average molecular weight is 297 g/mol. The van der Waals surface area contributed by atoms with Crippen molar-refractivity contribution >= 4 is 11.6 Å². The molecule has 20 heavy (non-hydrogen) atoms. The SMILES string of the molecule is CCCNCCCc1ncc(-c2cccc(F)c2Cl)o1. The van der Waals surface area contributed by atoms with Gasteiger partial charge in [0.05, 0.1) is 11.2 Å². The van der Waals surface area contributed by atoms with Gasteiger partial charge in [0, 0.05) is 12.0 Å². The Morgan fingerprint density at radius 1 is 1.35 bits per heavy atom. The van der Waals surface area contributed by atoms with Gasteiger partial charge < -0.3 is 9.73 Å². The molecule has 0 atom stereocenters. The fourth-order valence-corrected chi connectivity index (χ4v) is 2.13. The van der Waals surface area contributed by atoms with Crippen LogP contribution in [0.5, 0.6) is 0 Å². The molecule has 0 aliphatic heterocycles. The maximum atomic E-state index is 13.4. The molecule has 1 aromatic heterocycles. The monoisotopic (exact) mass is 296 g/mol. The first kappa shape index (κ1) is 15.0. The van der Waals surface area contributed by atoms with E-state index in [9.17, 15) is 4.39 Å². The summed E-state index contributed by atoms with van der Waals surface area (Å²) in [5.41, 5.74) is 0.537. The summed E-state index contributed by atoms with van der Waals surface area (Å²) in [5.74, 6) is 0.704. The van der Waals surface area contributed by atoms with E-state index in [2.05, 4.69) is 17.2 Å². The number of nitrogens with zero attached hydrogens (tertiary/aromatic N) is 1. The number of oxazole rings is 1. The van der Waals surface area contributed by atoms with E-state index in [1.807, 2.05) is 0 Å². The topological polar surface area (TPSA) is 38.1 Å². The highest BCUT2D eigenvalue weighted by molar-refractivity contribution is 6.33. The van der Waals surface area contributed by atoms with Crippen LogP contribution >= 0.6 is 11.6 Å². The van der Waals surface area contributed by atoms with Crippen LogP contribution in [0.15, 0.2) is 28.8 Å². The maximum absolute atomic E-state index is 13.4.